The van der Waals surface area contributed by atoms with Gasteiger partial charge < -0.3 is 10.4 Å². The number of sulfone groups is 1. The summed E-state index contributed by atoms with van der Waals surface area (Å²) in [5, 5.41) is 12.7. The van der Waals surface area contributed by atoms with E-state index in [0.717, 1.165) is 18.4 Å². The highest BCUT2D eigenvalue weighted by Gasteiger charge is 2.59. The lowest BCUT2D eigenvalue weighted by molar-refractivity contribution is -0.118. The van der Waals surface area contributed by atoms with Crippen LogP contribution in [0.3, 0.4) is 0 Å². The van der Waals surface area contributed by atoms with Gasteiger partial charge in [0.2, 0.25) is 5.91 Å². The van der Waals surface area contributed by atoms with E-state index >= 15 is 0 Å². The Bertz CT molecular complexity index is 697. The fourth-order valence-electron chi connectivity index (χ4n) is 3.34. The van der Waals surface area contributed by atoms with E-state index in [2.05, 4.69) is 5.32 Å². The number of anilines is 1. The van der Waals surface area contributed by atoms with Crippen LogP contribution in [0.1, 0.15) is 31.7 Å². The number of amides is 1. The molecule has 2 N–H and O–H groups in total. The van der Waals surface area contributed by atoms with E-state index in [0.29, 0.717) is 18.5 Å². The Morgan fingerprint density at radius 3 is 2.68 bits per heavy atom. The molecule has 22 heavy (non-hydrogen) atoms. The molecular formula is C16H21NO4S. The smallest absolute Gasteiger partial charge is 0.228 e. The van der Waals surface area contributed by atoms with Crippen LogP contribution in [0.5, 0.6) is 5.75 Å². The second-order valence-electron chi connectivity index (χ2n) is 6.47. The first-order valence-electron chi connectivity index (χ1n) is 7.68. The SMILES string of the molecule is CCc1ccc(O)c(NC(=O)[C@H]2CC23CCS(=O)(=O)CC3)c1. The van der Waals surface area contributed by atoms with Crippen molar-refractivity contribution < 1.29 is 18.3 Å². The van der Waals surface area contributed by atoms with Crippen molar-refractivity contribution in [3.63, 3.8) is 0 Å². The Kier molecular flexibility index (Phi) is 3.67. The average Bonchev–Trinajstić information content (AvgIpc) is 3.20. The zero-order valence-electron chi connectivity index (χ0n) is 12.6. The third-order valence-corrected chi connectivity index (χ3v) is 6.71. The third kappa shape index (κ3) is 2.84. The van der Waals surface area contributed by atoms with E-state index < -0.39 is 9.84 Å². The monoisotopic (exact) mass is 323 g/mol. The molecule has 1 aromatic carbocycles. The van der Waals surface area contributed by atoms with Crippen LogP contribution in [0.25, 0.3) is 0 Å². The largest absolute Gasteiger partial charge is 0.506 e. The van der Waals surface area contributed by atoms with Gasteiger partial charge in [0.1, 0.15) is 15.6 Å². The zero-order valence-corrected chi connectivity index (χ0v) is 13.4. The highest BCUT2D eigenvalue weighted by atomic mass is 32.2. The van der Waals surface area contributed by atoms with E-state index in [1.165, 1.54) is 0 Å². The van der Waals surface area contributed by atoms with Crippen LogP contribution in [-0.4, -0.2) is 30.9 Å². The van der Waals surface area contributed by atoms with E-state index in [1.807, 2.05) is 13.0 Å². The highest BCUT2D eigenvalue weighted by Crippen LogP contribution is 2.60. The summed E-state index contributed by atoms with van der Waals surface area (Å²) in [6.45, 7) is 2.01. The minimum absolute atomic E-state index is 0.0615. The molecule has 0 aromatic heterocycles. The molecule has 120 valence electrons. The molecule has 1 spiro atoms. The van der Waals surface area contributed by atoms with E-state index in [-0.39, 0.29) is 34.5 Å². The van der Waals surface area contributed by atoms with Crippen molar-refractivity contribution in [1.29, 1.82) is 0 Å². The lowest BCUT2D eigenvalue weighted by Crippen LogP contribution is -2.28. The highest BCUT2D eigenvalue weighted by molar-refractivity contribution is 7.91. The molecular weight excluding hydrogens is 302 g/mol. The maximum atomic E-state index is 12.4. The summed E-state index contributed by atoms with van der Waals surface area (Å²) in [4.78, 5) is 12.4. The maximum absolute atomic E-state index is 12.4. The van der Waals surface area contributed by atoms with Crippen LogP contribution in [-0.2, 0) is 21.1 Å². The molecule has 1 aliphatic heterocycles. The van der Waals surface area contributed by atoms with Gasteiger partial charge in [-0.15, -0.1) is 0 Å². The van der Waals surface area contributed by atoms with Gasteiger partial charge in [0.15, 0.2) is 0 Å². The molecule has 0 unspecified atom stereocenters. The predicted molar refractivity (Wildman–Crippen MR) is 84.5 cm³/mol. The second kappa shape index (κ2) is 5.26. The van der Waals surface area contributed by atoms with Crippen LogP contribution in [0, 0.1) is 11.3 Å². The Labute approximate surface area is 130 Å². The van der Waals surface area contributed by atoms with Crippen molar-refractivity contribution in [2.45, 2.75) is 32.6 Å². The van der Waals surface area contributed by atoms with Gasteiger partial charge in [-0.1, -0.05) is 13.0 Å². The molecule has 1 atom stereocenters. The van der Waals surface area contributed by atoms with Gasteiger partial charge in [0.25, 0.3) is 0 Å². The van der Waals surface area contributed by atoms with Crippen LogP contribution >= 0.6 is 0 Å². The number of carbonyl (C=O) groups is 1. The normalized spacial score (nSPS) is 24.9. The molecule has 1 aliphatic carbocycles. The summed E-state index contributed by atoms with van der Waals surface area (Å²) >= 11 is 0. The van der Waals surface area contributed by atoms with Gasteiger partial charge in [-0.2, -0.15) is 0 Å². The van der Waals surface area contributed by atoms with Gasteiger partial charge in [0.05, 0.1) is 17.2 Å². The fourth-order valence-corrected chi connectivity index (χ4v) is 4.98. The standard InChI is InChI=1S/C16H21NO4S/c1-2-11-3-4-14(18)13(9-11)17-15(19)12-10-16(12)5-7-22(20,21)8-6-16/h3-4,9,12,18H,2,5-8,10H2,1H3,(H,17,19)/t12-/m1/s1. The molecule has 1 saturated heterocycles. The molecule has 1 amide bonds. The predicted octanol–water partition coefficient (Wildman–Crippen LogP) is 2.11. The molecule has 0 radical (unpaired) electrons. The molecule has 0 bridgehead atoms. The lowest BCUT2D eigenvalue weighted by Gasteiger charge is -2.22. The van der Waals surface area contributed by atoms with Crippen LogP contribution in [0.15, 0.2) is 18.2 Å². The Balaban J connectivity index is 1.67. The number of nitrogens with one attached hydrogen (secondary N) is 1. The topological polar surface area (TPSA) is 83.5 Å². The van der Waals surface area contributed by atoms with Gasteiger partial charge in [0, 0.05) is 5.92 Å². The number of hydrogen-bond donors (Lipinski definition) is 2. The second-order valence-corrected chi connectivity index (χ2v) is 8.77. The van der Waals surface area contributed by atoms with Gasteiger partial charge in [-0.25, -0.2) is 8.42 Å². The van der Waals surface area contributed by atoms with Gasteiger partial charge in [-0.05, 0) is 48.8 Å². The summed E-state index contributed by atoms with van der Waals surface area (Å²) in [6.07, 6.45) is 2.74. The van der Waals surface area contributed by atoms with Crippen molar-refractivity contribution in [3.8, 4) is 5.75 Å². The molecule has 1 saturated carbocycles. The summed E-state index contributed by atoms with van der Waals surface area (Å²) in [7, 11) is -2.91. The molecule has 2 fully saturated rings. The van der Waals surface area contributed by atoms with Gasteiger partial charge >= 0.3 is 0 Å². The average molecular weight is 323 g/mol. The third-order valence-electron chi connectivity index (χ3n) is 5.06. The Morgan fingerprint density at radius 1 is 1.36 bits per heavy atom. The minimum atomic E-state index is -2.91. The summed E-state index contributed by atoms with van der Waals surface area (Å²) in [5.74, 6) is 0.197. The van der Waals surface area contributed by atoms with Crippen molar-refractivity contribution in [2.24, 2.45) is 11.3 Å². The Hall–Kier alpha value is -1.56. The summed E-state index contributed by atoms with van der Waals surface area (Å²) in [5.41, 5.74) is 1.35. The molecule has 3 rings (SSSR count). The van der Waals surface area contributed by atoms with Crippen LogP contribution in [0.4, 0.5) is 5.69 Å². The fraction of sp³-hybridized carbons (Fsp3) is 0.562. The molecule has 6 heteroatoms. The molecule has 2 aliphatic rings. The van der Waals surface area contributed by atoms with Crippen molar-refractivity contribution >= 4 is 21.4 Å². The number of benzene rings is 1. The number of hydrogen-bond acceptors (Lipinski definition) is 4. The number of aryl methyl sites for hydroxylation is 1. The first kappa shape index (κ1) is 15.3. The minimum Gasteiger partial charge on any atom is -0.506 e. The lowest BCUT2D eigenvalue weighted by atomic mass is 9.96. The molecule has 1 heterocycles. The van der Waals surface area contributed by atoms with Crippen LogP contribution < -0.4 is 5.32 Å². The van der Waals surface area contributed by atoms with Crippen molar-refractivity contribution in [2.75, 3.05) is 16.8 Å². The quantitative estimate of drug-likeness (QED) is 0.835. The number of rotatable bonds is 3. The van der Waals surface area contributed by atoms with Crippen LogP contribution in [0.2, 0.25) is 0 Å². The molecule has 5 nitrogen and oxygen atoms in total. The zero-order chi connectivity index (χ0) is 16.0. The number of phenolic OH excluding ortho intramolecular Hbond substituents is 1. The van der Waals surface area contributed by atoms with E-state index in [4.69, 9.17) is 0 Å². The first-order valence-corrected chi connectivity index (χ1v) is 9.50. The molecule has 1 aromatic rings. The Morgan fingerprint density at radius 2 is 2.05 bits per heavy atom. The van der Waals surface area contributed by atoms with Crippen molar-refractivity contribution in [1.82, 2.24) is 0 Å². The van der Waals surface area contributed by atoms with Crippen molar-refractivity contribution in [3.05, 3.63) is 23.8 Å². The summed E-state index contributed by atoms with van der Waals surface area (Å²) < 4.78 is 23.0. The first-order chi connectivity index (χ1) is 10.4. The maximum Gasteiger partial charge on any atom is 0.228 e. The number of phenols is 1. The summed E-state index contributed by atoms with van der Waals surface area (Å²) in [6, 6.07) is 5.20. The number of aromatic hydroxyl groups is 1. The van der Waals surface area contributed by atoms with Gasteiger partial charge in [-0.3, -0.25) is 4.79 Å². The number of carbonyl (C=O) groups excluding carboxylic acids is 1. The van der Waals surface area contributed by atoms with E-state index in [1.54, 1.807) is 12.1 Å². The van der Waals surface area contributed by atoms with E-state index in [9.17, 15) is 18.3 Å².